The summed E-state index contributed by atoms with van der Waals surface area (Å²) < 4.78 is 0. The number of thioether (sulfide) groups is 1. The summed E-state index contributed by atoms with van der Waals surface area (Å²) in [5, 5.41) is 0.683. The molecule has 0 saturated heterocycles. The second-order valence-corrected chi connectivity index (χ2v) is 5.63. The molecule has 0 bridgehead atoms. The van der Waals surface area contributed by atoms with Crippen LogP contribution in [-0.2, 0) is 4.79 Å². The molecule has 5 heteroatoms. The molecule has 0 aliphatic carbocycles. The molecule has 0 spiro atoms. The SMILES string of the molecule is CCN1C(=O)C(Sc2ccc(Cl)cc2)=C(N)C1C. The summed E-state index contributed by atoms with van der Waals surface area (Å²) in [6.45, 7) is 4.58. The van der Waals surface area contributed by atoms with Crippen molar-refractivity contribution >= 4 is 29.3 Å². The Kier molecular flexibility index (Phi) is 3.88. The number of likely N-dealkylation sites (N-methyl/N-ethyl adjacent to an activating group) is 1. The van der Waals surface area contributed by atoms with Crippen molar-refractivity contribution in [1.82, 2.24) is 4.90 Å². The van der Waals surface area contributed by atoms with Crippen LogP contribution in [0.1, 0.15) is 13.8 Å². The summed E-state index contributed by atoms with van der Waals surface area (Å²) in [4.78, 5) is 15.5. The largest absolute Gasteiger partial charge is 0.399 e. The average molecular weight is 283 g/mol. The van der Waals surface area contributed by atoms with Crippen molar-refractivity contribution in [3.63, 3.8) is 0 Å². The summed E-state index contributed by atoms with van der Waals surface area (Å²) in [7, 11) is 0. The van der Waals surface area contributed by atoms with E-state index in [1.54, 1.807) is 17.0 Å². The van der Waals surface area contributed by atoms with Crippen molar-refractivity contribution in [2.75, 3.05) is 6.54 Å². The monoisotopic (exact) mass is 282 g/mol. The van der Waals surface area contributed by atoms with Crippen LogP contribution in [0.3, 0.4) is 0 Å². The predicted octanol–water partition coefficient (Wildman–Crippen LogP) is 2.85. The Bertz CT molecular complexity index is 498. The van der Waals surface area contributed by atoms with E-state index in [0.29, 0.717) is 22.2 Å². The maximum absolute atomic E-state index is 12.2. The van der Waals surface area contributed by atoms with E-state index in [-0.39, 0.29) is 11.9 Å². The van der Waals surface area contributed by atoms with E-state index in [0.717, 1.165) is 4.90 Å². The summed E-state index contributed by atoms with van der Waals surface area (Å²) >= 11 is 7.24. The normalized spacial score (nSPS) is 19.8. The van der Waals surface area contributed by atoms with Gasteiger partial charge in [0.05, 0.1) is 16.6 Å². The van der Waals surface area contributed by atoms with Gasteiger partial charge in [0, 0.05) is 16.5 Å². The van der Waals surface area contributed by atoms with Crippen molar-refractivity contribution in [1.29, 1.82) is 0 Å². The van der Waals surface area contributed by atoms with E-state index >= 15 is 0 Å². The van der Waals surface area contributed by atoms with Gasteiger partial charge in [-0.05, 0) is 38.1 Å². The fraction of sp³-hybridized carbons (Fsp3) is 0.308. The lowest BCUT2D eigenvalue weighted by Gasteiger charge is -2.20. The molecule has 1 heterocycles. The number of carbonyl (C=O) groups is 1. The Morgan fingerprint density at radius 3 is 2.50 bits per heavy atom. The van der Waals surface area contributed by atoms with Crippen LogP contribution >= 0.6 is 23.4 Å². The van der Waals surface area contributed by atoms with Crippen LogP contribution in [0.25, 0.3) is 0 Å². The molecule has 1 amide bonds. The van der Waals surface area contributed by atoms with Crippen LogP contribution in [0.2, 0.25) is 5.02 Å². The molecule has 1 aliphatic heterocycles. The van der Waals surface area contributed by atoms with Crippen LogP contribution in [0.4, 0.5) is 0 Å². The molecular weight excluding hydrogens is 268 g/mol. The van der Waals surface area contributed by atoms with Gasteiger partial charge < -0.3 is 10.6 Å². The van der Waals surface area contributed by atoms with Crippen molar-refractivity contribution in [2.45, 2.75) is 24.8 Å². The molecule has 1 unspecified atom stereocenters. The van der Waals surface area contributed by atoms with Gasteiger partial charge in [0.1, 0.15) is 0 Å². The molecule has 1 aromatic rings. The molecule has 18 heavy (non-hydrogen) atoms. The molecule has 0 saturated carbocycles. The molecule has 0 radical (unpaired) electrons. The van der Waals surface area contributed by atoms with Crippen LogP contribution in [0.15, 0.2) is 39.8 Å². The first-order valence-electron chi connectivity index (χ1n) is 5.78. The van der Waals surface area contributed by atoms with Crippen molar-refractivity contribution < 1.29 is 4.79 Å². The molecule has 1 aromatic carbocycles. The van der Waals surface area contributed by atoms with E-state index in [4.69, 9.17) is 17.3 Å². The summed E-state index contributed by atoms with van der Waals surface area (Å²) in [5.41, 5.74) is 6.68. The first-order chi connectivity index (χ1) is 8.54. The first kappa shape index (κ1) is 13.3. The summed E-state index contributed by atoms with van der Waals surface area (Å²) in [6, 6.07) is 7.37. The molecule has 1 atom stereocenters. The van der Waals surface area contributed by atoms with E-state index in [9.17, 15) is 4.79 Å². The van der Waals surface area contributed by atoms with Crippen LogP contribution in [-0.4, -0.2) is 23.4 Å². The Balaban J connectivity index is 2.23. The lowest BCUT2D eigenvalue weighted by molar-refractivity contribution is -0.125. The standard InChI is InChI=1S/C13H15ClN2OS/c1-3-16-8(2)11(15)12(13(16)17)18-10-6-4-9(14)5-7-10/h4-8H,3,15H2,1-2H3. The Hall–Kier alpha value is -1.13. The lowest BCUT2D eigenvalue weighted by atomic mass is 10.3. The fourth-order valence-corrected chi connectivity index (χ4v) is 3.05. The zero-order valence-corrected chi connectivity index (χ0v) is 11.9. The lowest BCUT2D eigenvalue weighted by Crippen LogP contribution is -2.34. The summed E-state index contributed by atoms with van der Waals surface area (Å²) in [6.07, 6.45) is 0. The van der Waals surface area contributed by atoms with Gasteiger partial charge in [-0.3, -0.25) is 4.79 Å². The highest BCUT2D eigenvalue weighted by molar-refractivity contribution is 8.04. The number of rotatable bonds is 3. The topological polar surface area (TPSA) is 46.3 Å². The fourth-order valence-electron chi connectivity index (χ4n) is 1.93. The Morgan fingerprint density at radius 1 is 1.39 bits per heavy atom. The number of carbonyl (C=O) groups excluding carboxylic acids is 1. The van der Waals surface area contributed by atoms with E-state index < -0.39 is 0 Å². The number of amides is 1. The average Bonchev–Trinajstić information content (AvgIpc) is 2.56. The minimum atomic E-state index is -0.0164. The highest BCUT2D eigenvalue weighted by Gasteiger charge is 2.34. The molecular formula is C13H15ClN2OS. The maximum Gasteiger partial charge on any atom is 0.263 e. The minimum Gasteiger partial charge on any atom is -0.399 e. The van der Waals surface area contributed by atoms with Gasteiger partial charge in [-0.25, -0.2) is 0 Å². The zero-order valence-electron chi connectivity index (χ0n) is 10.3. The molecule has 96 valence electrons. The third kappa shape index (κ3) is 2.35. The number of nitrogens with zero attached hydrogens (tertiary/aromatic N) is 1. The van der Waals surface area contributed by atoms with Gasteiger partial charge in [-0.2, -0.15) is 0 Å². The number of nitrogens with two attached hydrogens (primary N) is 1. The Morgan fingerprint density at radius 2 is 2.00 bits per heavy atom. The van der Waals surface area contributed by atoms with Crippen molar-refractivity contribution in [3.8, 4) is 0 Å². The minimum absolute atomic E-state index is 0.0162. The second kappa shape index (κ2) is 5.24. The smallest absolute Gasteiger partial charge is 0.263 e. The molecule has 1 aliphatic rings. The van der Waals surface area contributed by atoms with Crippen molar-refractivity contribution in [2.24, 2.45) is 5.73 Å². The molecule has 0 aromatic heterocycles. The molecule has 2 rings (SSSR count). The second-order valence-electron chi connectivity index (χ2n) is 4.11. The molecule has 0 fully saturated rings. The van der Waals surface area contributed by atoms with E-state index in [1.807, 2.05) is 26.0 Å². The zero-order chi connectivity index (χ0) is 13.3. The van der Waals surface area contributed by atoms with Crippen LogP contribution in [0.5, 0.6) is 0 Å². The highest BCUT2D eigenvalue weighted by Crippen LogP contribution is 2.35. The van der Waals surface area contributed by atoms with Gasteiger partial charge in [0.2, 0.25) is 0 Å². The number of hydrogen-bond donors (Lipinski definition) is 1. The first-order valence-corrected chi connectivity index (χ1v) is 6.98. The van der Waals surface area contributed by atoms with Gasteiger partial charge >= 0.3 is 0 Å². The van der Waals surface area contributed by atoms with E-state index in [1.165, 1.54) is 11.8 Å². The third-order valence-electron chi connectivity index (χ3n) is 3.01. The number of halogens is 1. The van der Waals surface area contributed by atoms with Crippen molar-refractivity contribution in [3.05, 3.63) is 39.9 Å². The van der Waals surface area contributed by atoms with Gasteiger partial charge in [-0.1, -0.05) is 23.4 Å². The van der Waals surface area contributed by atoms with Crippen LogP contribution < -0.4 is 5.73 Å². The highest BCUT2D eigenvalue weighted by atomic mass is 35.5. The van der Waals surface area contributed by atoms with E-state index in [2.05, 4.69) is 0 Å². The predicted molar refractivity (Wildman–Crippen MR) is 75.4 cm³/mol. The molecule has 2 N–H and O–H groups in total. The Labute approximate surface area is 116 Å². The quantitative estimate of drug-likeness (QED) is 0.927. The number of hydrogen-bond acceptors (Lipinski definition) is 3. The third-order valence-corrected chi connectivity index (χ3v) is 4.38. The van der Waals surface area contributed by atoms with Gasteiger partial charge in [0.25, 0.3) is 5.91 Å². The molecule has 3 nitrogen and oxygen atoms in total. The summed E-state index contributed by atoms with van der Waals surface area (Å²) in [5.74, 6) is 0.0162. The van der Waals surface area contributed by atoms with Crippen LogP contribution in [0, 0.1) is 0 Å². The number of benzene rings is 1. The van der Waals surface area contributed by atoms with Gasteiger partial charge in [-0.15, -0.1) is 0 Å². The van der Waals surface area contributed by atoms with Gasteiger partial charge in [0.15, 0.2) is 0 Å². The maximum atomic E-state index is 12.2.